The van der Waals surface area contributed by atoms with Gasteiger partial charge in [0.05, 0.1) is 12.4 Å². The fraction of sp³-hybridized carbons (Fsp3) is 0.214. The Morgan fingerprint density at radius 1 is 1.21 bits per heavy atom. The van der Waals surface area contributed by atoms with Gasteiger partial charge < -0.3 is 4.90 Å². The van der Waals surface area contributed by atoms with Gasteiger partial charge >= 0.3 is 0 Å². The smallest absolute Gasteiger partial charge is 0.273 e. The molecule has 0 fully saturated rings. The zero-order valence-corrected chi connectivity index (χ0v) is 11.3. The van der Waals surface area contributed by atoms with E-state index in [1.165, 1.54) is 18.0 Å². The van der Waals surface area contributed by atoms with E-state index in [1.807, 2.05) is 30.3 Å². The second-order valence-electron chi connectivity index (χ2n) is 4.19. The summed E-state index contributed by atoms with van der Waals surface area (Å²) in [6.07, 6.45) is 3.58. The summed E-state index contributed by atoms with van der Waals surface area (Å²) in [5, 5.41) is 0.281. The van der Waals surface area contributed by atoms with Crippen molar-refractivity contribution in [2.75, 3.05) is 13.6 Å². The highest BCUT2D eigenvalue weighted by atomic mass is 35.5. The van der Waals surface area contributed by atoms with E-state index in [0.29, 0.717) is 12.2 Å². The molecule has 4 nitrogen and oxygen atoms in total. The van der Waals surface area contributed by atoms with Gasteiger partial charge in [0.25, 0.3) is 5.91 Å². The lowest BCUT2D eigenvalue weighted by Gasteiger charge is -2.16. The standard InChI is InChI=1S/C14H14ClN3O/c1-18(8-7-11-5-3-2-4-6-11)14(19)12-9-17-13(15)10-16-12/h2-6,9-10H,7-8H2,1H3. The van der Waals surface area contributed by atoms with E-state index in [1.54, 1.807) is 11.9 Å². The Hall–Kier alpha value is -1.94. The van der Waals surface area contributed by atoms with Gasteiger partial charge in [-0.3, -0.25) is 4.79 Å². The van der Waals surface area contributed by atoms with Crippen LogP contribution in [0.5, 0.6) is 0 Å². The molecule has 5 heteroatoms. The molecule has 19 heavy (non-hydrogen) atoms. The SMILES string of the molecule is CN(CCc1ccccc1)C(=O)c1cnc(Cl)cn1. The Labute approximate surface area is 117 Å². The van der Waals surface area contributed by atoms with Gasteiger partial charge in [0.1, 0.15) is 10.8 Å². The fourth-order valence-electron chi connectivity index (χ4n) is 1.66. The highest BCUT2D eigenvalue weighted by Crippen LogP contribution is 2.05. The van der Waals surface area contributed by atoms with Gasteiger partial charge in [-0.25, -0.2) is 9.97 Å². The van der Waals surface area contributed by atoms with Crippen molar-refractivity contribution in [1.82, 2.24) is 14.9 Å². The Morgan fingerprint density at radius 3 is 2.58 bits per heavy atom. The molecule has 0 saturated carbocycles. The van der Waals surface area contributed by atoms with E-state index in [-0.39, 0.29) is 11.1 Å². The Morgan fingerprint density at radius 2 is 1.95 bits per heavy atom. The van der Waals surface area contributed by atoms with Crippen LogP contribution in [0, 0.1) is 0 Å². The molecule has 2 rings (SSSR count). The molecule has 2 aromatic rings. The molecule has 0 saturated heterocycles. The van der Waals surface area contributed by atoms with Crippen LogP contribution in [0.15, 0.2) is 42.7 Å². The topological polar surface area (TPSA) is 46.1 Å². The minimum absolute atomic E-state index is 0.153. The fourth-order valence-corrected chi connectivity index (χ4v) is 1.76. The second kappa shape index (κ2) is 6.29. The summed E-state index contributed by atoms with van der Waals surface area (Å²) in [7, 11) is 1.75. The molecule has 0 radical (unpaired) electrons. The molecule has 0 aliphatic heterocycles. The number of hydrogen-bond acceptors (Lipinski definition) is 3. The molecule has 0 unspecified atom stereocenters. The minimum atomic E-state index is -0.153. The highest BCUT2D eigenvalue weighted by Gasteiger charge is 2.13. The van der Waals surface area contributed by atoms with Crippen LogP contribution in [0.4, 0.5) is 0 Å². The number of likely N-dealkylation sites (N-methyl/N-ethyl adjacent to an activating group) is 1. The van der Waals surface area contributed by atoms with Crippen LogP contribution in [0.25, 0.3) is 0 Å². The van der Waals surface area contributed by atoms with Crippen LogP contribution in [-0.4, -0.2) is 34.4 Å². The maximum absolute atomic E-state index is 12.1. The molecule has 1 heterocycles. The highest BCUT2D eigenvalue weighted by molar-refractivity contribution is 6.29. The predicted molar refractivity (Wildman–Crippen MR) is 74.1 cm³/mol. The van der Waals surface area contributed by atoms with Crippen molar-refractivity contribution in [3.8, 4) is 0 Å². The largest absolute Gasteiger partial charge is 0.340 e. The van der Waals surface area contributed by atoms with Crippen molar-refractivity contribution in [1.29, 1.82) is 0 Å². The van der Waals surface area contributed by atoms with Gasteiger partial charge in [-0.05, 0) is 12.0 Å². The number of halogens is 1. The van der Waals surface area contributed by atoms with E-state index >= 15 is 0 Å². The molecule has 0 N–H and O–H groups in total. The number of carbonyl (C=O) groups is 1. The first-order valence-corrected chi connectivity index (χ1v) is 6.31. The van der Waals surface area contributed by atoms with Crippen LogP contribution in [0.2, 0.25) is 5.15 Å². The minimum Gasteiger partial charge on any atom is -0.340 e. The Balaban J connectivity index is 1.94. The third-order valence-electron chi connectivity index (χ3n) is 2.76. The lowest BCUT2D eigenvalue weighted by molar-refractivity contribution is 0.0790. The summed E-state index contributed by atoms with van der Waals surface area (Å²) in [6.45, 7) is 0.632. The molecule has 0 bridgehead atoms. The van der Waals surface area contributed by atoms with Gasteiger partial charge in [-0.2, -0.15) is 0 Å². The summed E-state index contributed by atoms with van der Waals surface area (Å²) in [4.78, 5) is 21.5. The number of rotatable bonds is 4. The van der Waals surface area contributed by atoms with Crippen molar-refractivity contribution < 1.29 is 4.79 Å². The maximum Gasteiger partial charge on any atom is 0.273 e. The van der Waals surface area contributed by atoms with Crippen molar-refractivity contribution in [3.05, 3.63) is 59.1 Å². The zero-order chi connectivity index (χ0) is 13.7. The molecule has 1 aromatic carbocycles. The first-order chi connectivity index (χ1) is 9.16. The number of carbonyl (C=O) groups excluding carboxylic acids is 1. The quantitative estimate of drug-likeness (QED) is 0.861. The van der Waals surface area contributed by atoms with Gasteiger partial charge in [-0.1, -0.05) is 41.9 Å². The number of hydrogen-bond donors (Lipinski definition) is 0. The number of benzene rings is 1. The van der Waals surface area contributed by atoms with Gasteiger partial charge in [0.2, 0.25) is 0 Å². The van der Waals surface area contributed by atoms with Crippen LogP contribution < -0.4 is 0 Å². The number of amides is 1. The van der Waals surface area contributed by atoms with Crippen molar-refractivity contribution in [3.63, 3.8) is 0 Å². The van der Waals surface area contributed by atoms with Crippen LogP contribution in [0.3, 0.4) is 0 Å². The summed E-state index contributed by atoms with van der Waals surface area (Å²) in [5.74, 6) is -0.153. The first-order valence-electron chi connectivity index (χ1n) is 5.94. The maximum atomic E-state index is 12.1. The third-order valence-corrected chi connectivity index (χ3v) is 2.96. The average Bonchev–Trinajstić information content (AvgIpc) is 2.46. The Kier molecular flexibility index (Phi) is 4.47. The van der Waals surface area contributed by atoms with E-state index < -0.39 is 0 Å². The second-order valence-corrected chi connectivity index (χ2v) is 4.57. The molecule has 1 amide bonds. The molecule has 0 atom stereocenters. The molecular formula is C14H14ClN3O. The monoisotopic (exact) mass is 275 g/mol. The van der Waals surface area contributed by atoms with E-state index in [4.69, 9.17) is 11.6 Å². The van der Waals surface area contributed by atoms with E-state index in [9.17, 15) is 4.79 Å². The summed E-state index contributed by atoms with van der Waals surface area (Å²) >= 11 is 5.64. The van der Waals surface area contributed by atoms with Crippen molar-refractivity contribution in [2.24, 2.45) is 0 Å². The Bertz CT molecular complexity index is 542. The van der Waals surface area contributed by atoms with E-state index in [2.05, 4.69) is 9.97 Å². The summed E-state index contributed by atoms with van der Waals surface area (Å²) < 4.78 is 0. The molecule has 1 aromatic heterocycles. The van der Waals surface area contributed by atoms with Gasteiger partial charge in [0.15, 0.2) is 0 Å². The third kappa shape index (κ3) is 3.76. The van der Waals surface area contributed by atoms with Crippen molar-refractivity contribution in [2.45, 2.75) is 6.42 Å². The lowest BCUT2D eigenvalue weighted by Crippen LogP contribution is -2.29. The number of aromatic nitrogens is 2. The van der Waals surface area contributed by atoms with E-state index in [0.717, 1.165) is 6.42 Å². The van der Waals surface area contributed by atoms with Gasteiger partial charge in [-0.15, -0.1) is 0 Å². The molecule has 0 aliphatic rings. The number of nitrogens with zero attached hydrogens (tertiary/aromatic N) is 3. The van der Waals surface area contributed by atoms with Crippen LogP contribution >= 0.6 is 11.6 Å². The molecule has 0 aliphatic carbocycles. The zero-order valence-electron chi connectivity index (χ0n) is 10.6. The molecular weight excluding hydrogens is 262 g/mol. The van der Waals surface area contributed by atoms with Crippen molar-refractivity contribution >= 4 is 17.5 Å². The lowest BCUT2D eigenvalue weighted by atomic mass is 10.1. The van der Waals surface area contributed by atoms with Crippen LogP contribution in [-0.2, 0) is 6.42 Å². The average molecular weight is 276 g/mol. The molecule has 0 spiro atoms. The normalized spacial score (nSPS) is 10.2. The van der Waals surface area contributed by atoms with Crippen LogP contribution in [0.1, 0.15) is 16.1 Å². The molecule has 98 valence electrons. The first kappa shape index (κ1) is 13.5. The summed E-state index contributed by atoms with van der Waals surface area (Å²) in [6, 6.07) is 10.0. The predicted octanol–water partition coefficient (Wildman–Crippen LogP) is 2.44. The van der Waals surface area contributed by atoms with Gasteiger partial charge in [0, 0.05) is 13.6 Å². The summed E-state index contributed by atoms with van der Waals surface area (Å²) in [5.41, 5.74) is 1.50.